The Labute approximate surface area is 187 Å². The molecule has 0 aromatic heterocycles. The summed E-state index contributed by atoms with van der Waals surface area (Å²) in [4.78, 5) is 0. The third-order valence-corrected chi connectivity index (χ3v) is 4.08. The SMILES string of the molecule is C[C@@H]1CC(C)(C)NCCN[C@@H](C)CC(C)(C)NCCN1.[Cu+2].[N-]=C=S.[N-]=C=S. The predicted molar refractivity (Wildman–Crippen MR) is 120 cm³/mol. The molecule has 0 bridgehead atoms. The van der Waals surface area contributed by atoms with Crippen LogP contribution in [-0.2, 0) is 17.1 Å². The van der Waals surface area contributed by atoms with Crippen molar-refractivity contribution in [3.63, 3.8) is 0 Å². The monoisotopic (exact) mass is 463 g/mol. The fourth-order valence-electron chi connectivity index (χ4n) is 3.26. The molecular formula is C18H36CuN6S2. The third kappa shape index (κ3) is 22.1. The fraction of sp³-hybridized carbons (Fsp3) is 0.889. The Balaban J connectivity index is -0.000000726. The number of hydrogen-bond donors (Lipinski definition) is 4. The summed E-state index contributed by atoms with van der Waals surface area (Å²) in [5.41, 5.74) is 0.377. The smallest absolute Gasteiger partial charge is 0.753 e. The van der Waals surface area contributed by atoms with Crippen molar-refractivity contribution in [2.75, 3.05) is 26.2 Å². The summed E-state index contributed by atoms with van der Waals surface area (Å²) in [7, 11) is 0. The van der Waals surface area contributed by atoms with E-state index in [2.05, 4.69) is 87.2 Å². The van der Waals surface area contributed by atoms with E-state index in [0.29, 0.717) is 12.1 Å². The van der Waals surface area contributed by atoms with E-state index >= 15 is 0 Å². The molecule has 6 nitrogen and oxygen atoms in total. The molecule has 27 heavy (non-hydrogen) atoms. The maximum absolute atomic E-state index is 7.13. The molecule has 1 fully saturated rings. The van der Waals surface area contributed by atoms with Crippen LogP contribution in [0.25, 0.3) is 10.8 Å². The van der Waals surface area contributed by atoms with Gasteiger partial charge in [-0.25, -0.2) is 0 Å². The van der Waals surface area contributed by atoms with E-state index in [4.69, 9.17) is 10.8 Å². The molecule has 1 rings (SSSR count). The van der Waals surface area contributed by atoms with Crippen molar-refractivity contribution in [2.45, 2.75) is 77.5 Å². The summed E-state index contributed by atoms with van der Waals surface area (Å²) >= 11 is 7.40. The van der Waals surface area contributed by atoms with E-state index in [0.717, 1.165) is 39.0 Å². The zero-order valence-electron chi connectivity index (χ0n) is 17.4. The molecular weight excluding hydrogens is 428 g/mol. The van der Waals surface area contributed by atoms with Crippen molar-refractivity contribution in [1.29, 1.82) is 0 Å². The van der Waals surface area contributed by atoms with Crippen LogP contribution in [-0.4, -0.2) is 59.7 Å². The normalized spacial score (nSPS) is 25.3. The number of rotatable bonds is 0. The molecule has 0 aromatic rings. The third-order valence-electron chi connectivity index (χ3n) is 4.08. The van der Waals surface area contributed by atoms with Crippen LogP contribution in [0.2, 0.25) is 0 Å². The van der Waals surface area contributed by atoms with Gasteiger partial charge in [0.15, 0.2) is 0 Å². The Morgan fingerprint density at radius 3 is 1.26 bits per heavy atom. The Hall–Kier alpha value is -0.0405. The zero-order chi connectivity index (χ0) is 20.6. The molecule has 2 atom stereocenters. The van der Waals surface area contributed by atoms with Gasteiger partial charge in [-0.3, -0.25) is 0 Å². The minimum absolute atomic E-state index is 0. The molecule has 1 aliphatic rings. The predicted octanol–water partition coefficient (Wildman–Crippen LogP) is 2.79. The van der Waals surface area contributed by atoms with E-state index in [1.807, 2.05) is 0 Å². The van der Waals surface area contributed by atoms with Gasteiger partial charge in [-0.05, 0) is 54.4 Å². The van der Waals surface area contributed by atoms with Crippen molar-refractivity contribution >= 4 is 34.8 Å². The van der Waals surface area contributed by atoms with Crippen LogP contribution in [0.1, 0.15) is 54.4 Å². The van der Waals surface area contributed by atoms with Gasteiger partial charge in [0.2, 0.25) is 0 Å². The first-order valence-corrected chi connectivity index (χ1v) is 9.84. The van der Waals surface area contributed by atoms with Gasteiger partial charge in [0, 0.05) is 49.3 Å². The van der Waals surface area contributed by atoms with E-state index in [1.165, 1.54) is 10.3 Å². The van der Waals surface area contributed by atoms with E-state index < -0.39 is 0 Å². The number of hydrogen-bond acceptors (Lipinski definition) is 6. The molecule has 0 amide bonds. The van der Waals surface area contributed by atoms with Crippen molar-refractivity contribution in [3.8, 4) is 0 Å². The quantitative estimate of drug-likeness (QED) is 0.251. The summed E-state index contributed by atoms with van der Waals surface area (Å²) in [5, 5.41) is 31.5. The van der Waals surface area contributed by atoms with Crippen molar-refractivity contribution in [2.24, 2.45) is 0 Å². The van der Waals surface area contributed by atoms with Gasteiger partial charge in [-0.1, -0.05) is 24.4 Å². The molecule has 1 saturated heterocycles. The first-order chi connectivity index (χ1) is 12.0. The molecule has 1 heterocycles. The average Bonchev–Trinajstić information content (AvgIpc) is 2.48. The average molecular weight is 464 g/mol. The standard InChI is InChI=1S/C16H36N4.2CNS.Cu/c1-13-11-15(3,4)19-10-8-18-14(2)12-16(5,6)20-9-7-17-13;2*2-1-3;/h13-14,17-20H,7-12H2,1-6H3;;;/q;2*-1;+2/t13-,14+;;;. The van der Waals surface area contributed by atoms with Gasteiger partial charge in [-0.2, -0.15) is 10.3 Å². The van der Waals surface area contributed by atoms with Gasteiger partial charge in [0.25, 0.3) is 0 Å². The second kappa shape index (κ2) is 18.0. The fourth-order valence-corrected chi connectivity index (χ4v) is 3.26. The Kier molecular flexibility index (Phi) is 21.1. The van der Waals surface area contributed by atoms with Crippen LogP contribution in [0.5, 0.6) is 0 Å². The minimum atomic E-state index is 0. The van der Waals surface area contributed by atoms with Crippen LogP contribution in [0, 0.1) is 0 Å². The summed E-state index contributed by atoms with van der Waals surface area (Å²) in [6, 6.07) is 1.08. The van der Waals surface area contributed by atoms with Crippen LogP contribution in [0.4, 0.5) is 0 Å². The summed E-state index contributed by atoms with van der Waals surface area (Å²) in [6.45, 7) is 17.8. The van der Waals surface area contributed by atoms with Gasteiger partial charge < -0.3 is 32.1 Å². The molecule has 1 aliphatic heterocycles. The maximum Gasteiger partial charge on any atom is 2.00 e. The maximum atomic E-state index is 7.13. The van der Waals surface area contributed by atoms with Crippen LogP contribution in [0.3, 0.4) is 0 Å². The zero-order valence-corrected chi connectivity index (χ0v) is 20.0. The first kappa shape index (κ1) is 31.6. The number of thiocarbonyl (C=S) groups is 2. The van der Waals surface area contributed by atoms with Gasteiger partial charge in [0.05, 0.1) is 0 Å². The molecule has 0 aliphatic carbocycles. The van der Waals surface area contributed by atoms with Gasteiger partial charge in [0.1, 0.15) is 0 Å². The minimum Gasteiger partial charge on any atom is -0.753 e. The summed E-state index contributed by atoms with van der Waals surface area (Å²) in [6.07, 6.45) is 2.29. The van der Waals surface area contributed by atoms with Crippen LogP contribution < -0.4 is 21.3 Å². The Morgan fingerprint density at radius 2 is 1.00 bits per heavy atom. The molecule has 161 valence electrons. The van der Waals surface area contributed by atoms with Gasteiger partial charge >= 0.3 is 17.1 Å². The molecule has 4 N–H and O–H groups in total. The van der Waals surface area contributed by atoms with E-state index in [1.54, 1.807) is 0 Å². The molecule has 0 aromatic carbocycles. The molecule has 1 radical (unpaired) electrons. The van der Waals surface area contributed by atoms with Crippen LogP contribution in [0.15, 0.2) is 0 Å². The number of isothiocyanates is 2. The second-order valence-electron chi connectivity index (χ2n) is 7.92. The van der Waals surface area contributed by atoms with Gasteiger partial charge in [-0.15, -0.1) is 0 Å². The molecule has 0 spiro atoms. The van der Waals surface area contributed by atoms with Crippen molar-refractivity contribution in [3.05, 3.63) is 10.8 Å². The summed E-state index contributed by atoms with van der Waals surface area (Å²) in [5.74, 6) is 0. The molecule has 9 heteroatoms. The van der Waals surface area contributed by atoms with Crippen molar-refractivity contribution < 1.29 is 17.1 Å². The number of nitrogens with one attached hydrogen (secondary N) is 4. The summed E-state index contributed by atoms with van der Waals surface area (Å²) < 4.78 is 0. The molecule has 0 unspecified atom stereocenters. The second-order valence-corrected chi connectivity index (χ2v) is 8.29. The van der Waals surface area contributed by atoms with E-state index in [-0.39, 0.29) is 28.1 Å². The van der Waals surface area contributed by atoms with Crippen LogP contribution >= 0.6 is 24.4 Å². The Morgan fingerprint density at radius 1 is 0.741 bits per heavy atom. The number of nitrogens with zero attached hydrogens (tertiary/aromatic N) is 2. The Bertz CT molecular complexity index is 394. The molecule has 0 saturated carbocycles. The van der Waals surface area contributed by atoms with Crippen molar-refractivity contribution in [1.82, 2.24) is 21.3 Å². The first-order valence-electron chi connectivity index (χ1n) is 9.03. The largest absolute Gasteiger partial charge is 2.00 e. The topological polar surface area (TPSA) is 92.7 Å². The van der Waals surface area contributed by atoms with E-state index in [9.17, 15) is 0 Å².